The van der Waals surface area contributed by atoms with E-state index in [1.165, 1.54) is 0 Å². The van der Waals surface area contributed by atoms with E-state index in [2.05, 4.69) is 0 Å². The number of para-hydroxylation sites is 1. The Morgan fingerprint density at radius 1 is 1.50 bits per heavy atom. The average molecular weight is 271 g/mol. The van der Waals surface area contributed by atoms with Crippen molar-refractivity contribution in [2.45, 2.75) is 18.9 Å². The SMILES string of the molecule is CN(CC1CCCO1)C(=O)c1ccccc1N.Cl. The van der Waals surface area contributed by atoms with Gasteiger partial charge in [0, 0.05) is 25.9 Å². The molecule has 18 heavy (non-hydrogen) atoms. The molecule has 0 aliphatic carbocycles. The first kappa shape index (κ1) is 14.8. The van der Waals surface area contributed by atoms with Gasteiger partial charge in [0.1, 0.15) is 0 Å². The van der Waals surface area contributed by atoms with Crippen molar-refractivity contribution in [1.82, 2.24) is 4.90 Å². The van der Waals surface area contributed by atoms with Gasteiger partial charge >= 0.3 is 0 Å². The van der Waals surface area contributed by atoms with E-state index in [9.17, 15) is 4.79 Å². The van der Waals surface area contributed by atoms with Gasteiger partial charge in [-0.25, -0.2) is 0 Å². The number of hydrogen-bond donors (Lipinski definition) is 1. The van der Waals surface area contributed by atoms with Gasteiger partial charge in [-0.3, -0.25) is 4.79 Å². The van der Waals surface area contributed by atoms with E-state index in [1.54, 1.807) is 24.1 Å². The summed E-state index contributed by atoms with van der Waals surface area (Å²) in [5, 5.41) is 0. The molecule has 1 saturated heterocycles. The zero-order valence-corrected chi connectivity index (χ0v) is 11.3. The first-order valence-corrected chi connectivity index (χ1v) is 5.90. The van der Waals surface area contributed by atoms with Crippen LogP contribution in [0.15, 0.2) is 24.3 Å². The Labute approximate surface area is 114 Å². The standard InChI is InChI=1S/C13H18N2O2.ClH/c1-15(9-10-5-4-8-17-10)13(16)11-6-2-3-7-12(11)14;/h2-3,6-7,10H,4-5,8-9,14H2,1H3;1H. The molecule has 5 heteroatoms. The number of benzene rings is 1. The van der Waals surface area contributed by atoms with E-state index in [0.29, 0.717) is 17.8 Å². The summed E-state index contributed by atoms with van der Waals surface area (Å²) in [6.45, 7) is 1.44. The lowest BCUT2D eigenvalue weighted by Crippen LogP contribution is -2.34. The molecule has 1 aromatic rings. The van der Waals surface area contributed by atoms with E-state index >= 15 is 0 Å². The second kappa shape index (κ2) is 6.61. The highest BCUT2D eigenvalue weighted by atomic mass is 35.5. The molecule has 1 fully saturated rings. The lowest BCUT2D eigenvalue weighted by atomic mass is 10.1. The van der Waals surface area contributed by atoms with Crippen LogP contribution in [0.5, 0.6) is 0 Å². The van der Waals surface area contributed by atoms with Crippen LogP contribution in [0.25, 0.3) is 0 Å². The molecule has 1 atom stereocenters. The van der Waals surface area contributed by atoms with Gasteiger partial charge in [0.25, 0.3) is 5.91 Å². The predicted octanol–water partition coefficient (Wildman–Crippen LogP) is 1.94. The number of hydrogen-bond acceptors (Lipinski definition) is 3. The average Bonchev–Trinajstić information content (AvgIpc) is 2.81. The third-order valence-electron chi connectivity index (χ3n) is 3.04. The fraction of sp³-hybridized carbons (Fsp3) is 0.462. The molecule has 0 radical (unpaired) electrons. The zero-order valence-electron chi connectivity index (χ0n) is 10.5. The quantitative estimate of drug-likeness (QED) is 0.854. The minimum atomic E-state index is -0.0430. The normalized spacial score (nSPS) is 18.2. The molecule has 2 rings (SSSR count). The van der Waals surface area contributed by atoms with Gasteiger partial charge in [-0.05, 0) is 25.0 Å². The molecule has 1 aliphatic heterocycles. The maximum atomic E-state index is 12.1. The van der Waals surface area contributed by atoms with Gasteiger partial charge in [0.15, 0.2) is 0 Å². The molecule has 0 aromatic heterocycles. The van der Waals surface area contributed by atoms with Gasteiger partial charge < -0.3 is 15.4 Å². The molecule has 1 heterocycles. The van der Waals surface area contributed by atoms with Crippen molar-refractivity contribution in [3.8, 4) is 0 Å². The second-order valence-corrected chi connectivity index (χ2v) is 4.41. The minimum absolute atomic E-state index is 0. The van der Waals surface area contributed by atoms with E-state index < -0.39 is 0 Å². The highest BCUT2D eigenvalue weighted by Gasteiger charge is 2.21. The molecule has 1 aromatic carbocycles. The molecule has 4 nitrogen and oxygen atoms in total. The fourth-order valence-corrected chi connectivity index (χ4v) is 2.07. The Morgan fingerprint density at radius 2 is 2.22 bits per heavy atom. The smallest absolute Gasteiger partial charge is 0.255 e. The molecule has 1 unspecified atom stereocenters. The number of nitrogens with two attached hydrogens (primary N) is 1. The summed E-state index contributed by atoms with van der Waals surface area (Å²) in [6, 6.07) is 7.15. The molecule has 0 saturated carbocycles. The van der Waals surface area contributed by atoms with Crippen LogP contribution in [0.4, 0.5) is 5.69 Å². The molecule has 1 amide bonds. The molecular weight excluding hydrogens is 252 g/mol. The van der Waals surface area contributed by atoms with E-state index in [0.717, 1.165) is 19.4 Å². The van der Waals surface area contributed by atoms with E-state index in [4.69, 9.17) is 10.5 Å². The van der Waals surface area contributed by atoms with Crippen molar-refractivity contribution in [3.05, 3.63) is 29.8 Å². The number of likely N-dealkylation sites (N-methyl/N-ethyl adjacent to an activating group) is 1. The molecule has 0 spiro atoms. The van der Waals surface area contributed by atoms with Crippen molar-refractivity contribution in [1.29, 1.82) is 0 Å². The summed E-state index contributed by atoms with van der Waals surface area (Å²) < 4.78 is 5.51. The third-order valence-corrected chi connectivity index (χ3v) is 3.04. The Kier molecular flexibility index (Phi) is 5.44. The number of carbonyl (C=O) groups is 1. The van der Waals surface area contributed by atoms with Crippen LogP contribution in [-0.2, 0) is 4.74 Å². The van der Waals surface area contributed by atoms with Crippen molar-refractivity contribution < 1.29 is 9.53 Å². The fourth-order valence-electron chi connectivity index (χ4n) is 2.07. The highest BCUT2D eigenvalue weighted by Crippen LogP contribution is 2.16. The van der Waals surface area contributed by atoms with Gasteiger partial charge in [0.05, 0.1) is 11.7 Å². The van der Waals surface area contributed by atoms with Crippen LogP contribution < -0.4 is 5.73 Å². The van der Waals surface area contributed by atoms with Gasteiger partial charge in [0.2, 0.25) is 0 Å². The second-order valence-electron chi connectivity index (χ2n) is 4.41. The Bertz CT molecular complexity index is 406. The Balaban J connectivity index is 0.00000162. The van der Waals surface area contributed by atoms with Crippen molar-refractivity contribution in [2.24, 2.45) is 0 Å². The van der Waals surface area contributed by atoms with Crippen molar-refractivity contribution >= 4 is 24.0 Å². The summed E-state index contributed by atoms with van der Waals surface area (Å²) >= 11 is 0. The van der Waals surface area contributed by atoms with Crippen LogP contribution in [0.1, 0.15) is 23.2 Å². The highest BCUT2D eigenvalue weighted by molar-refractivity contribution is 5.98. The first-order valence-electron chi connectivity index (χ1n) is 5.90. The summed E-state index contributed by atoms with van der Waals surface area (Å²) in [5.41, 5.74) is 6.88. The number of carbonyl (C=O) groups excluding carboxylic acids is 1. The summed E-state index contributed by atoms with van der Waals surface area (Å²) in [7, 11) is 1.79. The maximum absolute atomic E-state index is 12.1. The van der Waals surface area contributed by atoms with Crippen LogP contribution in [0.2, 0.25) is 0 Å². The summed E-state index contributed by atoms with van der Waals surface area (Å²) in [5.74, 6) is -0.0430. The number of nitrogen functional groups attached to an aromatic ring is 1. The number of anilines is 1. The molecule has 100 valence electrons. The van der Waals surface area contributed by atoms with Gasteiger partial charge in [-0.15, -0.1) is 12.4 Å². The minimum Gasteiger partial charge on any atom is -0.398 e. The number of amides is 1. The zero-order chi connectivity index (χ0) is 12.3. The summed E-state index contributed by atoms with van der Waals surface area (Å²) in [4.78, 5) is 13.8. The monoisotopic (exact) mass is 270 g/mol. The lowest BCUT2D eigenvalue weighted by Gasteiger charge is -2.21. The number of nitrogens with zero attached hydrogens (tertiary/aromatic N) is 1. The number of rotatable bonds is 3. The largest absolute Gasteiger partial charge is 0.398 e. The third kappa shape index (κ3) is 3.37. The topological polar surface area (TPSA) is 55.6 Å². The molecule has 2 N–H and O–H groups in total. The number of ether oxygens (including phenoxy) is 1. The number of halogens is 1. The van der Waals surface area contributed by atoms with Crippen LogP contribution in [0.3, 0.4) is 0 Å². The van der Waals surface area contributed by atoms with E-state index in [1.807, 2.05) is 12.1 Å². The first-order chi connectivity index (χ1) is 8.18. The predicted molar refractivity (Wildman–Crippen MR) is 74.0 cm³/mol. The van der Waals surface area contributed by atoms with Crippen LogP contribution in [-0.4, -0.2) is 37.1 Å². The Morgan fingerprint density at radius 3 is 2.83 bits per heavy atom. The maximum Gasteiger partial charge on any atom is 0.255 e. The van der Waals surface area contributed by atoms with Crippen molar-refractivity contribution in [3.63, 3.8) is 0 Å². The molecule has 0 bridgehead atoms. The Hall–Kier alpha value is -1.26. The van der Waals surface area contributed by atoms with Crippen molar-refractivity contribution in [2.75, 3.05) is 25.9 Å². The lowest BCUT2D eigenvalue weighted by molar-refractivity contribution is 0.0588. The van der Waals surface area contributed by atoms with Gasteiger partial charge in [-0.2, -0.15) is 0 Å². The summed E-state index contributed by atoms with van der Waals surface area (Å²) in [6.07, 6.45) is 2.29. The van der Waals surface area contributed by atoms with Crippen LogP contribution in [0, 0.1) is 0 Å². The van der Waals surface area contributed by atoms with Crippen LogP contribution >= 0.6 is 12.4 Å². The molecular formula is C13H19ClN2O2. The molecule has 1 aliphatic rings. The van der Waals surface area contributed by atoms with Gasteiger partial charge in [-0.1, -0.05) is 12.1 Å². The van der Waals surface area contributed by atoms with E-state index in [-0.39, 0.29) is 24.4 Å².